The Kier molecular flexibility index (Phi) is 4.86. The minimum atomic E-state index is 0.0311. The van der Waals surface area contributed by atoms with Crippen LogP contribution in [0.3, 0.4) is 0 Å². The molecule has 112 valence electrons. The summed E-state index contributed by atoms with van der Waals surface area (Å²) in [6.07, 6.45) is 3.27. The molecule has 1 aliphatic rings. The molecule has 0 spiro atoms. The Morgan fingerprint density at radius 1 is 1.50 bits per heavy atom. The first kappa shape index (κ1) is 15.1. The fourth-order valence-corrected chi connectivity index (χ4v) is 3.36. The van der Waals surface area contributed by atoms with Crippen molar-refractivity contribution in [2.24, 2.45) is 5.92 Å². The molecule has 5 nitrogen and oxygen atoms in total. The average molecular weight is 296 g/mol. The zero-order valence-electron chi connectivity index (χ0n) is 12.5. The number of rotatable bonds is 4. The van der Waals surface area contributed by atoms with Crippen LogP contribution in [-0.2, 0) is 0 Å². The van der Waals surface area contributed by atoms with Crippen LogP contribution in [0.2, 0.25) is 0 Å². The van der Waals surface area contributed by atoms with Gasteiger partial charge < -0.3 is 16.0 Å². The van der Waals surface area contributed by atoms with E-state index in [1.807, 2.05) is 4.90 Å². The maximum absolute atomic E-state index is 12.7. The zero-order valence-corrected chi connectivity index (χ0v) is 13.3. The van der Waals surface area contributed by atoms with E-state index < -0.39 is 0 Å². The average Bonchev–Trinajstić information content (AvgIpc) is 2.79. The third kappa shape index (κ3) is 3.23. The van der Waals surface area contributed by atoms with Crippen LogP contribution in [0.25, 0.3) is 0 Å². The molecule has 1 aromatic rings. The Labute approximate surface area is 124 Å². The maximum Gasteiger partial charge on any atom is 0.268 e. The number of hydrogen-bond donors (Lipinski definition) is 2. The van der Waals surface area contributed by atoms with Gasteiger partial charge in [-0.2, -0.15) is 0 Å². The number of anilines is 2. The summed E-state index contributed by atoms with van der Waals surface area (Å²) in [6, 6.07) is 0.284. The highest BCUT2D eigenvalue weighted by Crippen LogP contribution is 2.30. The predicted molar refractivity (Wildman–Crippen MR) is 84.2 cm³/mol. The summed E-state index contributed by atoms with van der Waals surface area (Å²) >= 11 is 1.37. The summed E-state index contributed by atoms with van der Waals surface area (Å²) in [4.78, 5) is 19.4. The number of hydrogen-bond acceptors (Lipinski definition) is 5. The highest BCUT2D eigenvalue weighted by Gasteiger charge is 2.30. The highest BCUT2D eigenvalue weighted by molar-refractivity contribution is 7.18. The lowest BCUT2D eigenvalue weighted by molar-refractivity contribution is 0.0580. The van der Waals surface area contributed by atoms with Gasteiger partial charge in [-0.1, -0.05) is 25.2 Å². The number of carbonyl (C=O) groups is 1. The summed E-state index contributed by atoms with van der Waals surface area (Å²) in [5, 5.41) is 3.93. The molecule has 2 heterocycles. The molecule has 0 radical (unpaired) electrons. The number of likely N-dealkylation sites (tertiary alicyclic amines) is 1. The van der Waals surface area contributed by atoms with E-state index in [9.17, 15) is 4.79 Å². The maximum atomic E-state index is 12.7. The van der Waals surface area contributed by atoms with Crippen molar-refractivity contribution in [3.8, 4) is 0 Å². The van der Waals surface area contributed by atoms with Gasteiger partial charge in [0.05, 0.1) is 0 Å². The Morgan fingerprint density at radius 3 is 2.95 bits per heavy atom. The normalized spacial score (nSPS) is 22.9. The smallest absolute Gasteiger partial charge is 0.268 e. The van der Waals surface area contributed by atoms with E-state index in [2.05, 4.69) is 31.1 Å². The van der Waals surface area contributed by atoms with Gasteiger partial charge in [0.2, 0.25) is 0 Å². The second kappa shape index (κ2) is 6.43. The SMILES string of the molecule is CCCNc1nc(N)c(C(=O)N2CC(C)CCC2C)s1. The third-order valence-corrected chi connectivity index (χ3v) is 4.77. The molecule has 1 saturated heterocycles. The molecule has 6 heteroatoms. The summed E-state index contributed by atoms with van der Waals surface area (Å²) < 4.78 is 0. The number of piperidine rings is 1. The van der Waals surface area contributed by atoms with E-state index >= 15 is 0 Å². The number of carbonyl (C=O) groups excluding carboxylic acids is 1. The lowest BCUT2D eigenvalue weighted by Crippen LogP contribution is -2.44. The minimum Gasteiger partial charge on any atom is -0.382 e. The molecular weight excluding hydrogens is 272 g/mol. The van der Waals surface area contributed by atoms with Gasteiger partial charge in [-0.15, -0.1) is 0 Å². The first-order valence-electron chi connectivity index (χ1n) is 7.34. The second-order valence-corrected chi connectivity index (χ2v) is 6.65. The molecule has 1 aliphatic heterocycles. The van der Waals surface area contributed by atoms with Gasteiger partial charge in [-0.3, -0.25) is 4.79 Å². The molecule has 2 atom stereocenters. The van der Waals surface area contributed by atoms with Crippen molar-refractivity contribution in [3.05, 3.63) is 4.88 Å². The number of nitrogens with two attached hydrogens (primary N) is 1. The third-order valence-electron chi connectivity index (χ3n) is 3.75. The van der Waals surface area contributed by atoms with Crippen molar-refractivity contribution < 1.29 is 4.79 Å². The Bertz CT molecular complexity index is 474. The number of nitrogens with zero attached hydrogens (tertiary/aromatic N) is 2. The highest BCUT2D eigenvalue weighted by atomic mass is 32.1. The molecule has 0 bridgehead atoms. The van der Waals surface area contributed by atoms with E-state index in [4.69, 9.17) is 5.73 Å². The van der Waals surface area contributed by atoms with E-state index in [-0.39, 0.29) is 11.9 Å². The summed E-state index contributed by atoms with van der Waals surface area (Å²) in [6.45, 7) is 8.05. The van der Waals surface area contributed by atoms with E-state index in [0.717, 1.165) is 31.1 Å². The van der Waals surface area contributed by atoms with Crippen molar-refractivity contribution in [1.82, 2.24) is 9.88 Å². The monoisotopic (exact) mass is 296 g/mol. The quantitative estimate of drug-likeness (QED) is 0.896. The fraction of sp³-hybridized carbons (Fsp3) is 0.714. The van der Waals surface area contributed by atoms with Crippen LogP contribution in [0.15, 0.2) is 0 Å². The summed E-state index contributed by atoms with van der Waals surface area (Å²) in [5.74, 6) is 0.939. The molecule has 3 N–H and O–H groups in total. The van der Waals surface area contributed by atoms with Crippen molar-refractivity contribution in [2.45, 2.75) is 46.1 Å². The molecule has 2 rings (SSSR count). The number of nitrogen functional groups attached to an aromatic ring is 1. The van der Waals surface area contributed by atoms with E-state index in [1.165, 1.54) is 17.8 Å². The van der Waals surface area contributed by atoms with Crippen LogP contribution in [0.5, 0.6) is 0 Å². The first-order valence-corrected chi connectivity index (χ1v) is 8.15. The van der Waals surface area contributed by atoms with Gasteiger partial charge in [0.1, 0.15) is 10.7 Å². The topological polar surface area (TPSA) is 71.2 Å². The van der Waals surface area contributed by atoms with Crippen molar-refractivity contribution in [2.75, 3.05) is 24.1 Å². The number of aromatic nitrogens is 1. The lowest BCUT2D eigenvalue weighted by atomic mass is 9.95. The van der Waals surface area contributed by atoms with E-state index in [1.54, 1.807) is 0 Å². The van der Waals surface area contributed by atoms with Crippen LogP contribution >= 0.6 is 11.3 Å². The first-order chi connectivity index (χ1) is 9.52. The van der Waals surface area contributed by atoms with Crippen LogP contribution in [0.1, 0.15) is 49.7 Å². The molecule has 0 aliphatic carbocycles. The Hall–Kier alpha value is -1.30. The molecule has 20 heavy (non-hydrogen) atoms. The molecule has 1 amide bonds. The second-order valence-electron chi connectivity index (χ2n) is 5.65. The molecule has 2 unspecified atom stereocenters. The van der Waals surface area contributed by atoms with Crippen molar-refractivity contribution in [1.29, 1.82) is 0 Å². The van der Waals surface area contributed by atoms with Gasteiger partial charge in [0, 0.05) is 19.1 Å². The Balaban J connectivity index is 2.13. The molecule has 1 fully saturated rings. The fourth-order valence-electron chi connectivity index (χ4n) is 2.49. The van der Waals surface area contributed by atoms with E-state index in [0.29, 0.717) is 16.6 Å². The number of nitrogens with one attached hydrogen (secondary N) is 1. The summed E-state index contributed by atoms with van der Waals surface area (Å²) in [5.41, 5.74) is 5.91. The van der Waals surface area contributed by atoms with Gasteiger partial charge in [0.25, 0.3) is 5.91 Å². The molecular formula is C14H24N4OS. The number of amides is 1. The van der Waals surface area contributed by atoms with Crippen LogP contribution < -0.4 is 11.1 Å². The minimum absolute atomic E-state index is 0.0311. The van der Waals surface area contributed by atoms with Gasteiger partial charge >= 0.3 is 0 Å². The van der Waals surface area contributed by atoms with Gasteiger partial charge in [-0.05, 0) is 32.1 Å². The standard InChI is InChI=1S/C14H24N4OS/c1-4-7-16-14-17-12(15)11(20-14)13(19)18-8-9(2)5-6-10(18)3/h9-10H,4-8,15H2,1-3H3,(H,16,17). The lowest BCUT2D eigenvalue weighted by Gasteiger charge is -2.36. The predicted octanol–water partition coefficient (Wildman–Crippen LogP) is 2.81. The van der Waals surface area contributed by atoms with Crippen molar-refractivity contribution >= 4 is 28.2 Å². The molecule has 0 aromatic carbocycles. The zero-order chi connectivity index (χ0) is 14.7. The van der Waals surface area contributed by atoms with Gasteiger partial charge in [-0.25, -0.2) is 4.98 Å². The molecule has 0 saturated carbocycles. The number of thiazole rings is 1. The van der Waals surface area contributed by atoms with Crippen LogP contribution in [0, 0.1) is 5.92 Å². The largest absolute Gasteiger partial charge is 0.382 e. The van der Waals surface area contributed by atoms with Crippen LogP contribution in [-0.4, -0.2) is 34.9 Å². The summed E-state index contributed by atoms with van der Waals surface area (Å²) in [7, 11) is 0. The molecule has 1 aromatic heterocycles. The van der Waals surface area contributed by atoms with Gasteiger partial charge in [0.15, 0.2) is 5.13 Å². The van der Waals surface area contributed by atoms with Crippen LogP contribution in [0.4, 0.5) is 10.9 Å². The van der Waals surface area contributed by atoms with Crippen molar-refractivity contribution in [3.63, 3.8) is 0 Å². The Morgan fingerprint density at radius 2 is 2.25 bits per heavy atom.